The summed E-state index contributed by atoms with van der Waals surface area (Å²) in [5.41, 5.74) is 7.77. The Labute approximate surface area is 120 Å². The second-order valence-electron chi connectivity index (χ2n) is 5.18. The topological polar surface area (TPSA) is 67.6 Å². The highest BCUT2D eigenvalue weighted by atomic mass is 16.5. The number of hydrogen-bond donors (Lipinski definition) is 2. The lowest BCUT2D eigenvalue weighted by Gasteiger charge is -2.31. The maximum atomic E-state index is 11.1. The zero-order valence-electron chi connectivity index (χ0n) is 12.0. The first-order valence-electron chi connectivity index (χ1n) is 7.04. The SMILES string of the molecule is COCc1ccccc1CNC1CCN(C(N)=O)CC1. The van der Waals surface area contributed by atoms with Crippen molar-refractivity contribution in [2.75, 3.05) is 20.2 Å². The molecule has 0 aliphatic carbocycles. The molecule has 1 fully saturated rings. The molecular weight excluding hydrogens is 254 g/mol. The number of ether oxygens (including phenoxy) is 1. The van der Waals surface area contributed by atoms with Crippen LogP contribution in [0.5, 0.6) is 0 Å². The Balaban J connectivity index is 1.83. The van der Waals surface area contributed by atoms with Gasteiger partial charge in [0.1, 0.15) is 0 Å². The van der Waals surface area contributed by atoms with Gasteiger partial charge in [-0.25, -0.2) is 4.79 Å². The monoisotopic (exact) mass is 277 g/mol. The number of benzene rings is 1. The number of rotatable bonds is 5. The lowest BCUT2D eigenvalue weighted by molar-refractivity contribution is 0.181. The average Bonchev–Trinajstić information content (AvgIpc) is 2.47. The van der Waals surface area contributed by atoms with Crippen LogP contribution in [-0.4, -0.2) is 37.2 Å². The molecule has 0 spiro atoms. The van der Waals surface area contributed by atoms with Crippen LogP contribution in [0.1, 0.15) is 24.0 Å². The zero-order chi connectivity index (χ0) is 14.4. The lowest BCUT2D eigenvalue weighted by Crippen LogP contribution is -2.46. The molecule has 5 heteroatoms. The summed E-state index contributed by atoms with van der Waals surface area (Å²) in [5.74, 6) is 0. The quantitative estimate of drug-likeness (QED) is 0.856. The van der Waals surface area contributed by atoms with Crippen molar-refractivity contribution in [3.05, 3.63) is 35.4 Å². The highest BCUT2D eigenvalue weighted by molar-refractivity contribution is 5.72. The minimum atomic E-state index is -0.311. The molecule has 0 saturated carbocycles. The van der Waals surface area contributed by atoms with Crippen LogP contribution in [0, 0.1) is 0 Å². The third-order valence-electron chi connectivity index (χ3n) is 3.81. The average molecular weight is 277 g/mol. The molecule has 0 unspecified atom stereocenters. The fraction of sp³-hybridized carbons (Fsp3) is 0.533. The molecular formula is C15H23N3O2. The number of likely N-dealkylation sites (tertiary alicyclic amines) is 1. The van der Waals surface area contributed by atoms with E-state index < -0.39 is 0 Å². The Morgan fingerprint density at radius 3 is 2.60 bits per heavy atom. The molecule has 20 heavy (non-hydrogen) atoms. The van der Waals surface area contributed by atoms with Crippen molar-refractivity contribution >= 4 is 6.03 Å². The fourth-order valence-corrected chi connectivity index (χ4v) is 2.58. The first-order chi connectivity index (χ1) is 9.70. The second kappa shape index (κ2) is 7.26. The van der Waals surface area contributed by atoms with E-state index in [0.717, 1.165) is 32.5 Å². The highest BCUT2D eigenvalue weighted by Crippen LogP contribution is 2.13. The number of piperidine rings is 1. The van der Waals surface area contributed by atoms with Gasteiger partial charge in [0.25, 0.3) is 0 Å². The number of carbonyl (C=O) groups excluding carboxylic acids is 1. The number of hydrogen-bond acceptors (Lipinski definition) is 3. The summed E-state index contributed by atoms with van der Waals surface area (Å²) in [6.07, 6.45) is 1.91. The summed E-state index contributed by atoms with van der Waals surface area (Å²) in [7, 11) is 1.71. The summed E-state index contributed by atoms with van der Waals surface area (Å²) in [4.78, 5) is 12.8. The molecule has 1 saturated heterocycles. The van der Waals surface area contributed by atoms with Crippen molar-refractivity contribution in [2.45, 2.75) is 32.0 Å². The van der Waals surface area contributed by atoms with Crippen LogP contribution < -0.4 is 11.1 Å². The van der Waals surface area contributed by atoms with Crippen LogP contribution in [0.3, 0.4) is 0 Å². The van der Waals surface area contributed by atoms with Gasteiger partial charge in [0, 0.05) is 32.8 Å². The van der Waals surface area contributed by atoms with Crippen molar-refractivity contribution < 1.29 is 9.53 Å². The molecule has 1 heterocycles. The Kier molecular flexibility index (Phi) is 5.38. The Bertz CT molecular complexity index is 442. The van der Waals surface area contributed by atoms with Gasteiger partial charge in [-0.1, -0.05) is 24.3 Å². The van der Waals surface area contributed by atoms with Gasteiger partial charge >= 0.3 is 6.03 Å². The Morgan fingerprint density at radius 1 is 1.35 bits per heavy atom. The van der Waals surface area contributed by atoms with Crippen molar-refractivity contribution in [3.8, 4) is 0 Å². The Morgan fingerprint density at radius 2 is 2.00 bits per heavy atom. The summed E-state index contributed by atoms with van der Waals surface area (Å²) in [6, 6.07) is 8.43. The minimum absolute atomic E-state index is 0.311. The maximum Gasteiger partial charge on any atom is 0.314 e. The molecule has 3 N–H and O–H groups in total. The summed E-state index contributed by atoms with van der Waals surface area (Å²) < 4.78 is 5.21. The third-order valence-corrected chi connectivity index (χ3v) is 3.81. The number of nitrogens with one attached hydrogen (secondary N) is 1. The first kappa shape index (κ1) is 14.8. The van der Waals surface area contributed by atoms with Crippen LogP contribution >= 0.6 is 0 Å². The predicted octanol–water partition coefficient (Wildman–Crippen LogP) is 1.47. The van der Waals surface area contributed by atoms with Crippen LogP contribution in [0.2, 0.25) is 0 Å². The van der Waals surface area contributed by atoms with Crippen LogP contribution in [0.4, 0.5) is 4.79 Å². The van der Waals surface area contributed by atoms with E-state index in [4.69, 9.17) is 10.5 Å². The van der Waals surface area contributed by atoms with E-state index in [-0.39, 0.29) is 6.03 Å². The zero-order valence-corrected chi connectivity index (χ0v) is 12.0. The molecule has 110 valence electrons. The largest absolute Gasteiger partial charge is 0.380 e. The molecule has 0 aromatic heterocycles. The molecule has 1 aliphatic rings. The van der Waals surface area contributed by atoms with Gasteiger partial charge in [0.05, 0.1) is 6.61 Å². The van der Waals surface area contributed by atoms with E-state index in [2.05, 4.69) is 17.4 Å². The molecule has 0 bridgehead atoms. The lowest BCUT2D eigenvalue weighted by atomic mass is 10.0. The number of amides is 2. The number of nitrogens with two attached hydrogens (primary N) is 1. The van der Waals surface area contributed by atoms with Gasteiger partial charge in [-0.3, -0.25) is 0 Å². The second-order valence-corrected chi connectivity index (χ2v) is 5.18. The predicted molar refractivity (Wildman–Crippen MR) is 78.2 cm³/mol. The minimum Gasteiger partial charge on any atom is -0.380 e. The normalized spacial score (nSPS) is 16.4. The van der Waals surface area contributed by atoms with Crippen molar-refractivity contribution in [1.82, 2.24) is 10.2 Å². The fourth-order valence-electron chi connectivity index (χ4n) is 2.58. The summed E-state index contributed by atoms with van der Waals surface area (Å²) >= 11 is 0. The van der Waals surface area contributed by atoms with E-state index in [9.17, 15) is 4.79 Å². The van der Waals surface area contributed by atoms with Gasteiger partial charge in [-0.15, -0.1) is 0 Å². The van der Waals surface area contributed by atoms with Gasteiger partial charge in [0.15, 0.2) is 0 Å². The third kappa shape index (κ3) is 3.95. The number of primary amides is 1. The van der Waals surface area contributed by atoms with Crippen LogP contribution in [-0.2, 0) is 17.9 Å². The molecule has 0 atom stereocenters. The number of nitrogens with zero attached hydrogens (tertiary/aromatic N) is 1. The molecule has 0 radical (unpaired) electrons. The maximum absolute atomic E-state index is 11.1. The van der Waals surface area contributed by atoms with Crippen molar-refractivity contribution in [2.24, 2.45) is 5.73 Å². The molecule has 2 amide bonds. The number of urea groups is 1. The van der Waals surface area contributed by atoms with Gasteiger partial charge in [-0.2, -0.15) is 0 Å². The molecule has 5 nitrogen and oxygen atoms in total. The van der Waals surface area contributed by atoms with Gasteiger partial charge in [0.2, 0.25) is 0 Å². The smallest absolute Gasteiger partial charge is 0.314 e. The van der Waals surface area contributed by atoms with Crippen molar-refractivity contribution in [1.29, 1.82) is 0 Å². The summed E-state index contributed by atoms with van der Waals surface area (Å²) in [5, 5.41) is 3.56. The van der Waals surface area contributed by atoms with E-state index >= 15 is 0 Å². The summed E-state index contributed by atoms with van der Waals surface area (Å²) in [6.45, 7) is 2.96. The van der Waals surface area contributed by atoms with E-state index in [1.165, 1.54) is 11.1 Å². The van der Waals surface area contributed by atoms with Gasteiger partial charge in [-0.05, 0) is 24.0 Å². The van der Waals surface area contributed by atoms with E-state index in [0.29, 0.717) is 12.6 Å². The molecule has 1 aromatic rings. The molecule has 2 rings (SSSR count). The van der Waals surface area contributed by atoms with Gasteiger partial charge < -0.3 is 20.7 Å². The van der Waals surface area contributed by atoms with E-state index in [1.807, 2.05) is 12.1 Å². The number of carbonyl (C=O) groups is 1. The first-order valence-corrected chi connectivity index (χ1v) is 7.04. The van der Waals surface area contributed by atoms with Crippen LogP contribution in [0.25, 0.3) is 0 Å². The standard InChI is InChI=1S/C15H23N3O2/c1-20-11-13-5-3-2-4-12(13)10-17-14-6-8-18(9-7-14)15(16)19/h2-5,14,17H,6-11H2,1H3,(H2,16,19). The number of methoxy groups -OCH3 is 1. The van der Waals surface area contributed by atoms with E-state index in [1.54, 1.807) is 12.0 Å². The molecule has 1 aromatic carbocycles. The Hall–Kier alpha value is -1.59. The molecule has 1 aliphatic heterocycles. The highest BCUT2D eigenvalue weighted by Gasteiger charge is 2.20. The van der Waals surface area contributed by atoms with Crippen molar-refractivity contribution in [3.63, 3.8) is 0 Å². The van der Waals surface area contributed by atoms with Crippen LogP contribution in [0.15, 0.2) is 24.3 Å².